The van der Waals surface area contributed by atoms with Crippen LogP contribution >= 0.6 is 0 Å². The van der Waals surface area contributed by atoms with Crippen LogP contribution < -0.4 is 10.2 Å². The maximum atomic E-state index is 12.7. The van der Waals surface area contributed by atoms with E-state index in [4.69, 9.17) is 4.74 Å². The van der Waals surface area contributed by atoms with Crippen LogP contribution in [0.2, 0.25) is 0 Å². The summed E-state index contributed by atoms with van der Waals surface area (Å²) in [6.07, 6.45) is 2.40. The number of aryl methyl sites for hydroxylation is 1. The van der Waals surface area contributed by atoms with Gasteiger partial charge in [0, 0.05) is 0 Å². The fourth-order valence-electron chi connectivity index (χ4n) is 1.73. The van der Waals surface area contributed by atoms with Gasteiger partial charge in [-0.2, -0.15) is 5.10 Å². The lowest BCUT2D eigenvalue weighted by molar-refractivity contribution is -0.123. The number of amides is 1. The molecule has 22 heavy (non-hydrogen) atoms. The molecule has 0 heterocycles. The van der Waals surface area contributed by atoms with Crippen LogP contribution in [-0.4, -0.2) is 18.7 Å². The predicted octanol–water partition coefficient (Wildman–Crippen LogP) is 2.92. The molecule has 0 aliphatic rings. The summed E-state index contributed by atoms with van der Waals surface area (Å²) in [5, 5.41) is 3.78. The van der Waals surface area contributed by atoms with E-state index in [2.05, 4.69) is 17.5 Å². The third-order valence-corrected chi connectivity index (χ3v) is 2.97. The van der Waals surface area contributed by atoms with Crippen molar-refractivity contribution in [2.45, 2.75) is 13.3 Å². The van der Waals surface area contributed by atoms with Gasteiger partial charge in [0.25, 0.3) is 5.91 Å². The highest BCUT2D eigenvalue weighted by Gasteiger charge is 2.01. The van der Waals surface area contributed by atoms with Crippen LogP contribution in [0.4, 0.5) is 4.39 Å². The average Bonchev–Trinajstić information content (AvgIpc) is 2.55. The van der Waals surface area contributed by atoms with Crippen LogP contribution in [0.3, 0.4) is 0 Å². The molecular weight excluding hydrogens is 283 g/mol. The third kappa shape index (κ3) is 5.01. The molecule has 2 aromatic rings. The molecule has 0 aliphatic carbocycles. The summed E-state index contributed by atoms with van der Waals surface area (Å²) in [6.45, 7) is 1.95. The summed E-state index contributed by atoms with van der Waals surface area (Å²) in [6, 6.07) is 13.4. The zero-order valence-electron chi connectivity index (χ0n) is 12.3. The molecule has 0 bridgehead atoms. The molecule has 0 unspecified atom stereocenters. The number of carbonyl (C=O) groups is 1. The number of carbonyl (C=O) groups excluding carboxylic acids is 1. The van der Waals surface area contributed by atoms with Crippen LogP contribution in [0.15, 0.2) is 53.6 Å². The molecule has 0 spiro atoms. The first kappa shape index (κ1) is 15.7. The average molecular weight is 300 g/mol. The van der Waals surface area contributed by atoms with E-state index in [1.165, 1.54) is 23.9 Å². The summed E-state index contributed by atoms with van der Waals surface area (Å²) in [5.41, 5.74) is 4.25. The molecule has 114 valence electrons. The maximum absolute atomic E-state index is 12.7. The van der Waals surface area contributed by atoms with Gasteiger partial charge in [0.15, 0.2) is 6.61 Å². The maximum Gasteiger partial charge on any atom is 0.277 e. The number of hydrazone groups is 1. The van der Waals surface area contributed by atoms with Crippen molar-refractivity contribution in [3.8, 4) is 5.75 Å². The molecule has 0 fully saturated rings. The van der Waals surface area contributed by atoms with Gasteiger partial charge in [0.2, 0.25) is 0 Å². The number of benzene rings is 2. The Morgan fingerprint density at radius 3 is 2.50 bits per heavy atom. The molecule has 1 N–H and O–H groups in total. The van der Waals surface area contributed by atoms with Crippen molar-refractivity contribution in [3.63, 3.8) is 0 Å². The van der Waals surface area contributed by atoms with Gasteiger partial charge < -0.3 is 4.74 Å². The Balaban J connectivity index is 1.76. The van der Waals surface area contributed by atoms with E-state index in [1.54, 1.807) is 12.1 Å². The number of hydrogen-bond acceptors (Lipinski definition) is 3. The lowest BCUT2D eigenvalue weighted by Crippen LogP contribution is -2.24. The predicted molar refractivity (Wildman–Crippen MR) is 83.5 cm³/mol. The summed E-state index contributed by atoms with van der Waals surface area (Å²) in [7, 11) is 0. The van der Waals surface area contributed by atoms with Crippen molar-refractivity contribution in [1.82, 2.24) is 5.43 Å². The summed E-state index contributed by atoms with van der Waals surface area (Å²) < 4.78 is 18.1. The van der Waals surface area contributed by atoms with Crippen LogP contribution in [0.25, 0.3) is 0 Å². The minimum Gasteiger partial charge on any atom is -0.484 e. The highest BCUT2D eigenvalue weighted by atomic mass is 19.1. The van der Waals surface area contributed by atoms with E-state index < -0.39 is 0 Å². The number of hydrogen-bond donors (Lipinski definition) is 1. The Kier molecular flexibility index (Phi) is 5.65. The van der Waals surface area contributed by atoms with Crippen molar-refractivity contribution >= 4 is 12.1 Å². The number of nitrogens with one attached hydrogen (secondary N) is 1. The van der Waals surface area contributed by atoms with E-state index in [0.29, 0.717) is 11.3 Å². The van der Waals surface area contributed by atoms with Gasteiger partial charge in [-0.25, -0.2) is 9.82 Å². The first-order valence-corrected chi connectivity index (χ1v) is 6.96. The molecule has 1 amide bonds. The topological polar surface area (TPSA) is 50.7 Å². The molecule has 0 aliphatic heterocycles. The molecule has 0 aromatic heterocycles. The Labute approximate surface area is 128 Å². The number of ether oxygens (including phenoxy) is 1. The van der Waals surface area contributed by atoms with E-state index in [0.717, 1.165) is 6.42 Å². The molecule has 2 aromatic carbocycles. The quantitative estimate of drug-likeness (QED) is 0.659. The molecule has 2 rings (SSSR count). The minimum atomic E-state index is -0.363. The Morgan fingerprint density at radius 1 is 1.18 bits per heavy atom. The van der Waals surface area contributed by atoms with E-state index in [1.807, 2.05) is 24.3 Å². The molecule has 5 heteroatoms. The number of nitrogens with zero attached hydrogens (tertiary/aromatic N) is 1. The fourth-order valence-corrected chi connectivity index (χ4v) is 1.73. The summed E-state index contributed by atoms with van der Waals surface area (Å²) in [4.78, 5) is 11.6. The minimum absolute atomic E-state index is 0.119. The lowest BCUT2D eigenvalue weighted by atomic mass is 10.2. The van der Waals surface area contributed by atoms with Crippen LogP contribution in [0.5, 0.6) is 5.75 Å². The second-order valence-corrected chi connectivity index (χ2v) is 4.63. The number of halogens is 1. The Hall–Kier alpha value is -2.69. The zero-order chi connectivity index (χ0) is 15.8. The SMILES string of the molecule is CCc1ccc(OCC(=O)N/N=C\c2ccc(F)cc2)cc1. The second-order valence-electron chi connectivity index (χ2n) is 4.63. The van der Waals surface area contributed by atoms with E-state index in [-0.39, 0.29) is 18.3 Å². The largest absolute Gasteiger partial charge is 0.484 e. The van der Waals surface area contributed by atoms with Crippen LogP contribution in [-0.2, 0) is 11.2 Å². The number of rotatable bonds is 6. The van der Waals surface area contributed by atoms with Gasteiger partial charge >= 0.3 is 0 Å². The van der Waals surface area contributed by atoms with Crippen molar-refractivity contribution < 1.29 is 13.9 Å². The third-order valence-electron chi connectivity index (χ3n) is 2.97. The fraction of sp³-hybridized carbons (Fsp3) is 0.176. The summed E-state index contributed by atoms with van der Waals surface area (Å²) >= 11 is 0. The van der Waals surface area contributed by atoms with Gasteiger partial charge in [-0.05, 0) is 41.8 Å². The molecule has 0 saturated carbocycles. The van der Waals surface area contributed by atoms with Crippen molar-refractivity contribution in [2.75, 3.05) is 6.61 Å². The molecular formula is C17H17FN2O2. The van der Waals surface area contributed by atoms with Gasteiger partial charge in [-0.1, -0.05) is 31.2 Å². The van der Waals surface area contributed by atoms with Crippen molar-refractivity contribution in [1.29, 1.82) is 0 Å². The normalized spacial score (nSPS) is 10.6. The first-order chi connectivity index (χ1) is 10.7. The highest BCUT2D eigenvalue weighted by molar-refractivity contribution is 5.82. The van der Waals surface area contributed by atoms with Gasteiger partial charge in [-0.15, -0.1) is 0 Å². The monoisotopic (exact) mass is 300 g/mol. The zero-order valence-corrected chi connectivity index (χ0v) is 12.3. The van der Waals surface area contributed by atoms with Crippen molar-refractivity contribution in [2.24, 2.45) is 5.10 Å². The Bertz CT molecular complexity index is 637. The van der Waals surface area contributed by atoms with Crippen LogP contribution in [0, 0.1) is 5.82 Å². The molecule has 0 radical (unpaired) electrons. The standard InChI is InChI=1S/C17H17FN2O2/c1-2-13-5-9-16(10-6-13)22-12-17(21)20-19-11-14-3-7-15(18)8-4-14/h3-11H,2,12H2,1H3,(H,20,21)/b19-11-. The van der Waals surface area contributed by atoms with Gasteiger partial charge in [-0.3, -0.25) is 4.79 Å². The first-order valence-electron chi connectivity index (χ1n) is 6.96. The van der Waals surface area contributed by atoms with Gasteiger partial charge in [0.1, 0.15) is 11.6 Å². The smallest absolute Gasteiger partial charge is 0.277 e. The lowest BCUT2D eigenvalue weighted by Gasteiger charge is -2.05. The molecule has 4 nitrogen and oxygen atoms in total. The second kappa shape index (κ2) is 7.93. The Morgan fingerprint density at radius 2 is 1.86 bits per heavy atom. The summed E-state index contributed by atoms with van der Waals surface area (Å²) in [5.74, 6) is -0.0449. The van der Waals surface area contributed by atoms with Gasteiger partial charge in [0.05, 0.1) is 6.21 Å². The molecule has 0 atom stereocenters. The molecule has 0 saturated heterocycles. The van der Waals surface area contributed by atoms with Crippen LogP contribution in [0.1, 0.15) is 18.1 Å². The van der Waals surface area contributed by atoms with E-state index >= 15 is 0 Å². The van der Waals surface area contributed by atoms with Crippen molar-refractivity contribution in [3.05, 3.63) is 65.5 Å². The van der Waals surface area contributed by atoms with E-state index in [9.17, 15) is 9.18 Å². The highest BCUT2D eigenvalue weighted by Crippen LogP contribution is 2.12.